The number of amides is 1. The van der Waals surface area contributed by atoms with E-state index in [-0.39, 0.29) is 41.7 Å². The number of nitrogens with one attached hydrogen (secondary N) is 1. The molecule has 1 saturated carbocycles. The van der Waals surface area contributed by atoms with E-state index in [1.165, 1.54) is 25.3 Å². The quantitative estimate of drug-likeness (QED) is 0.0735. The second-order valence-corrected chi connectivity index (χ2v) is 39.0. The van der Waals surface area contributed by atoms with Crippen LogP contribution in [0.15, 0.2) is 71.3 Å². The SMILES string of the molecule is COC(=O)CC1CC2(CCN(c3nc(C(C)C)nc(-c4c(C)noc4C)c3C)CC2)C1.COC(=O)N1CCC(Cc2nc(C(C)C)nc(-c3c(C)noc3C)c2Cl)CC1.Cc1ccc(Nc2cc(-c3c(C)noc3C)nc(C(C)C)n2)cn1.Cc1noc(C)c1-c1nc(C(C)C)nc(N2C[C@H]3COC[C@H]3C2)c1C.Cc1noc(C)c1-c1nc(C(C)C)nc(N2Cc3ccccc3C2)c1C. The van der Waals surface area contributed by atoms with Gasteiger partial charge in [0, 0.05) is 129 Å². The fourth-order valence-corrected chi connectivity index (χ4v) is 19.4. The third-order valence-corrected chi connectivity index (χ3v) is 27.1. The lowest BCUT2D eigenvalue weighted by atomic mass is 9.57. The molecule has 0 radical (unpaired) electrons. The summed E-state index contributed by atoms with van der Waals surface area (Å²) in [7, 11) is 2.89. The van der Waals surface area contributed by atoms with Crippen molar-refractivity contribution in [2.45, 2.75) is 260 Å². The first kappa shape index (κ1) is 98.0. The second-order valence-electron chi connectivity index (χ2n) is 38.6. The number of aromatic nitrogens is 16. The molecule has 31 nitrogen and oxygen atoms in total. The highest BCUT2D eigenvalue weighted by molar-refractivity contribution is 6.33. The Kier molecular flexibility index (Phi) is 30.6. The van der Waals surface area contributed by atoms with E-state index in [9.17, 15) is 9.59 Å². The fraction of sp³-hybridized carbons (Fsp3) is 0.529. The van der Waals surface area contributed by atoms with Crippen molar-refractivity contribution in [3.63, 3.8) is 0 Å². The number of rotatable bonds is 19. The van der Waals surface area contributed by atoms with E-state index in [0.29, 0.717) is 65.1 Å². The van der Waals surface area contributed by atoms with Gasteiger partial charge in [-0.25, -0.2) is 54.6 Å². The lowest BCUT2D eigenvalue weighted by Crippen LogP contribution is -2.48. The van der Waals surface area contributed by atoms with Crippen molar-refractivity contribution in [2.24, 2.45) is 29.1 Å². The van der Waals surface area contributed by atoms with Crippen molar-refractivity contribution in [3.05, 3.63) is 179 Å². The number of halogens is 1. The molecule has 6 aliphatic rings. The molecule has 1 aromatic carbocycles. The van der Waals surface area contributed by atoms with Gasteiger partial charge in [-0.2, -0.15) is 0 Å². The molecule has 712 valence electrons. The number of likely N-dealkylation sites (tertiary alicyclic amines) is 1. The minimum Gasteiger partial charge on any atom is -0.469 e. The number of carbonyl (C=O) groups is 2. The molecular weight excluding hydrogens is 1710 g/mol. The summed E-state index contributed by atoms with van der Waals surface area (Å²) < 4.78 is 42.1. The van der Waals surface area contributed by atoms with E-state index in [0.717, 1.165) is 286 Å². The number of fused-ring (bicyclic) bond motifs is 2. The molecule has 11 aromatic heterocycles. The van der Waals surface area contributed by atoms with Gasteiger partial charge in [0.1, 0.15) is 81.2 Å². The average Bonchev–Trinajstić information content (AvgIpc) is 1.75. The summed E-state index contributed by atoms with van der Waals surface area (Å²) >= 11 is 6.76. The molecule has 16 heterocycles. The van der Waals surface area contributed by atoms with Gasteiger partial charge >= 0.3 is 12.1 Å². The van der Waals surface area contributed by atoms with Crippen LogP contribution in [0.2, 0.25) is 5.02 Å². The van der Waals surface area contributed by atoms with Crippen LogP contribution in [0.25, 0.3) is 56.3 Å². The summed E-state index contributed by atoms with van der Waals surface area (Å²) in [5.41, 5.74) is 22.4. The summed E-state index contributed by atoms with van der Waals surface area (Å²) in [6.07, 6.45) is 9.21. The summed E-state index contributed by atoms with van der Waals surface area (Å²) in [6.45, 7) is 57.6. The lowest BCUT2D eigenvalue weighted by Gasteiger charge is -2.52. The molecule has 5 aliphatic heterocycles. The number of pyridine rings is 1. The van der Waals surface area contributed by atoms with Crippen LogP contribution in [-0.4, -0.2) is 164 Å². The second kappa shape index (κ2) is 41.9. The minimum absolute atomic E-state index is 0.0815. The van der Waals surface area contributed by atoms with Crippen LogP contribution in [0.3, 0.4) is 0 Å². The molecule has 134 heavy (non-hydrogen) atoms. The normalized spacial score (nSPS) is 16.4. The summed E-state index contributed by atoms with van der Waals surface area (Å²) in [4.78, 5) is 84.8. The maximum atomic E-state index is 11.7. The molecule has 1 aliphatic carbocycles. The number of piperidine rings is 2. The Morgan fingerprint density at radius 3 is 1.29 bits per heavy atom. The molecule has 32 heteroatoms. The lowest BCUT2D eigenvalue weighted by molar-refractivity contribution is -0.144. The van der Waals surface area contributed by atoms with Gasteiger partial charge in [0.15, 0.2) is 0 Å². The molecule has 1 spiro atoms. The summed E-state index contributed by atoms with van der Waals surface area (Å²) in [6, 6.07) is 14.5. The van der Waals surface area contributed by atoms with Gasteiger partial charge in [-0.15, -0.1) is 0 Å². The predicted octanol–water partition coefficient (Wildman–Crippen LogP) is 21.6. The first-order valence-electron chi connectivity index (χ1n) is 47.1. The van der Waals surface area contributed by atoms with Crippen LogP contribution in [0.4, 0.5) is 33.8 Å². The van der Waals surface area contributed by atoms with E-state index in [1.54, 1.807) is 11.1 Å². The van der Waals surface area contributed by atoms with Crippen molar-refractivity contribution in [3.8, 4) is 56.3 Å². The van der Waals surface area contributed by atoms with Gasteiger partial charge in [0.2, 0.25) is 0 Å². The van der Waals surface area contributed by atoms with E-state index in [4.69, 9.17) is 88.3 Å². The van der Waals surface area contributed by atoms with E-state index < -0.39 is 0 Å². The van der Waals surface area contributed by atoms with Crippen molar-refractivity contribution >= 4 is 52.6 Å². The molecule has 1 amide bonds. The zero-order valence-corrected chi connectivity index (χ0v) is 83.7. The van der Waals surface area contributed by atoms with Crippen molar-refractivity contribution in [1.82, 2.24) is 85.5 Å². The van der Waals surface area contributed by atoms with Crippen LogP contribution in [0.5, 0.6) is 0 Å². The Hall–Kier alpha value is -12.0. The number of hydrogen-bond donors (Lipinski definition) is 1. The Balaban J connectivity index is 0.000000135. The van der Waals surface area contributed by atoms with Crippen LogP contribution < -0.4 is 20.0 Å². The van der Waals surface area contributed by atoms with Gasteiger partial charge in [0.05, 0.1) is 135 Å². The molecule has 4 saturated heterocycles. The van der Waals surface area contributed by atoms with Gasteiger partial charge in [-0.05, 0) is 182 Å². The Morgan fingerprint density at radius 1 is 0.470 bits per heavy atom. The van der Waals surface area contributed by atoms with Gasteiger partial charge < -0.3 is 61.7 Å². The Morgan fingerprint density at radius 2 is 0.881 bits per heavy atom. The van der Waals surface area contributed by atoms with Gasteiger partial charge in [-0.3, -0.25) is 9.78 Å². The number of aryl methyl sites for hydroxylation is 11. The molecule has 1 N–H and O–H groups in total. The maximum Gasteiger partial charge on any atom is 0.409 e. The number of methoxy groups -OCH3 is 2. The number of nitrogens with zero attached hydrogens (tertiary/aromatic N) is 20. The van der Waals surface area contributed by atoms with E-state index in [1.807, 2.05) is 94.4 Å². The van der Waals surface area contributed by atoms with Crippen LogP contribution in [0, 0.1) is 126 Å². The number of esters is 1. The van der Waals surface area contributed by atoms with Gasteiger partial charge in [-0.1, -0.05) is 131 Å². The first-order chi connectivity index (χ1) is 63.9. The number of benzene rings is 1. The monoisotopic (exact) mass is 1850 g/mol. The maximum absolute atomic E-state index is 11.7. The van der Waals surface area contributed by atoms with Crippen LogP contribution in [-0.2, 0) is 38.5 Å². The zero-order chi connectivity index (χ0) is 96.2. The number of anilines is 5. The molecule has 0 unspecified atom stereocenters. The molecule has 5 fully saturated rings. The average molecular weight is 1850 g/mol. The highest BCUT2D eigenvalue weighted by Crippen LogP contribution is 2.55. The largest absolute Gasteiger partial charge is 0.469 e. The first-order valence-corrected chi connectivity index (χ1v) is 47.5. The molecule has 2 atom stereocenters. The Labute approximate surface area is 791 Å². The Bertz CT molecular complexity index is 6030. The number of ether oxygens (including phenoxy) is 3. The third-order valence-electron chi connectivity index (χ3n) is 26.7. The summed E-state index contributed by atoms with van der Waals surface area (Å²) in [5.74, 6) is 15.0. The number of hydrogen-bond acceptors (Lipinski definition) is 30. The van der Waals surface area contributed by atoms with Crippen molar-refractivity contribution in [2.75, 3.05) is 86.7 Å². The topological polar surface area (TPSA) is 359 Å². The van der Waals surface area contributed by atoms with Crippen LogP contribution >= 0.6 is 11.6 Å². The zero-order valence-electron chi connectivity index (χ0n) is 82.9. The van der Waals surface area contributed by atoms with E-state index >= 15 is 0 Å². The van der Waals surface area contributed by atoms with Gasteiger partial charge in [0.25, 0.3) is 0 Å². The van der Waals surface area contributed by atoms with E-state index in [2.05, 4.69) is 175 Å². The van der Waals surface area contributed by atoms with Crippen molar-refractivity contribution < 1.29 is 46.4 Å². The highest BCUT2D eigenvalue weighted by Gasteiger charge is 2.47. The molecule has 12 aromatic rings. The van der Waals surface area contributed by atoms with Crippen LogP contribution in [0.1, 0.15) is 269 Å². The molecule has 0 bridgehead atoms. The van der Waals surface area contributed by atoms with Crippen molar-refractivity contribution in [1.29, 1.82) is 0 Å². The smallest absolute Gasteiger partial charge is 0.409 e. The standard InChI is InChI=1S/C24H34N4O3.C21H24N4O.C20H27ClN4O3.C19H26N4O2.C18H21N5O/c1-14(2)22-25-21(20-16(4)27-31-17(20)5)15(3)23(26-22)28-9-7-24(8-10-28)12-18(13-24)11-19(29)30-6;1-12(2)20-22-19(18-14(4)24-26-15(18)5)13(3)21(23-20)25-10-16-8-6-7-9-17(16)11-25;1-11(2)19-22-15(10-14-6-8-25(9-7-14)20(26)27-5)17(21)18(23-19)16-12(3)24-28-13(16)4;1-10(2)18-20-17(16-12(4)22-25-13(16)5)11(3)19(21-18)23-6-14-8-24-9-15(14)7-23;1-10(2)18-21-15(17-12(4)23-24-13(17)5)8-16(22-18)20-14-7-6-11(3)19-9-14/h14,18H,7-13H2,1-6H3;6-9,12H,10-11H2,1-5H3;11,14H,6-10H2,1-5H3;10,14-15H,6-9H2,1-5H3;6-10H,1-5H3,(H,20,21,22)/t;;;14-,15+;. The molecule has 18 rings (SSSR count). The molecular formula is C102H132ClN21O10. The fourth-order valence-electron chi connectivity index (χ4n) is 19.1. The predicted molar refractivity (Wildman–Crippen MR) is 517 cm³/mol. The third kappa shape index (κ3) is 21.7. The minimum atomic E-state index is -0.263. The number of carbonyl (C=O) groups excluding carboxylic acids is 2. The highest BCUT2D eigenvalue weighted by atomic mass is 35.5. The summed E-state index contributed by atoms with van der Waals surface area (Å²) in [5, 5.41) is 24.3.